The third-order valence-electron chi connectivity index (χ3n) is 5.84. The average Bonchev–Trinajstić information content (AvgIpc) is 2.74. The van der Waals surface area contributed by atoms with Crippen LogP contribution in [0.4, 0.5) is 4.39 Å². The molecule has 30 heavy (non-hydrogen) atoms. The predicted octanol–water partition coefficient (Wildman–Crippen LogP) is 3.25. The van der Waals surface area contributed by atoms with Gasteiger partial charge in [-0.3, -0.25) is 9.59 Å². The lowest BCUT2D eigenvalue weighted by Crippen LogP contribution is -2.55. The van der Waals surface area contributed by atoms with Crippen molar-refractivity contribution >= 4 is 11.8 Å². The highest BCUT2D eigenvalue weighted by atomic mass is 19.1. The molecule has 1 aromatic carbocycles. The maximum Gasteiger partial charge on any atom is 0.248 e. The second-order valence-electron chi connectivity index (χ2n) is 8.64. The van der Waals surface area contributed by atoms with Gasteiger partial charge in [0.2, 0.25) is 11.8 Å². The minimum atomic E-state index is -0.308. The Morgan fingerprint density at radius 3 is 2.60 bits per heavy atom. The van der Waals surface area contributed by atoms with Crippen LogP contribution in [0.1, 0.15) is 46.0 Å². The van der Waals surface area contributed by atoms with E-state index in [-0.39, 0.29) is 36.4 Å². The van der Waals surface area contributed by atoms with E-state index < -0.39 is 0 Å². The molecule has 0 bridgehead atoms. The second-order valence-corrected chi connectivity index (χ2v) is 8.64. The second kappa shape index (κ2) is 10.8. The number of piperidine rings is 1. The van der Waals surface area contributed by atoms with Crippen LogP contribution in [0.3, 0.4) is 0 Å². The summed E-state index contributed by atoms with van der Waals surface area (Å²) < 4.78 is 24.3. The Hall–Kier alpha value is -2.15. The maximum absolute atomic E-state index is 13.0. The van der Waals surface area contributed by atoms with Crippen LogP contribution in [-0.2, 0) is 14.3 Å². The number of carbonyl (C=O) groups excluding carboxylic acids is 2. The van der Waals surface area contributed by atoms with Gasteiger partial charge in [-0.05, 0) is 49.4 Å². The van der Waals surface area contributed by atoms with E-state index in [1.165, 1.54) is 12.1 Å². The average molecular weight is 421 g/mol. The number of morpholine rings is 1. The highest BCUT2D eigenvalue weighted by molar-refractivity contribution is 5.79. The Kier molecular flexibility index (Phi) is 8.08. The number of likely N-dealkylation sites (tertiary alicyclic amines) is 1. The number of hydrogen-bond donors (Lipinski definition) is 0. The highest BCUT2D eigenvalue weighted by Gasteiger charge is 2.34. The van der Waals surface area contributed by atoms with Crippen molar-refractivity contribution in [1.82, 2.24) is 9.80 Å². The van der Waals surface area contributed by atoms with Crippen LogP contribution in [0.15, 0.2) is 24.3 Å². The van der Waals surface area contributed by atoms with E-state index in [0.717, 1.165) is 25.7 Å². The van der Waals surface area contributed by atoms with Crippen molar-refractivity contribution in [1.29, 1.82) is 0 Å². The van der Waals surface area contributed by atoms with Gasteiger partial charge in [-0.25, -0.2) is 4.39 Å². The third-order valence-corrected chi connectivity index (χ3v) is 5.84. The quantitative estimate of drug-likeness (QED) is 0.648. The van der Waals surface area contributed by atoms with Crippen molar-refractivity contribution in [2.75, 3.05) is 32.8 Å². The zero-order chi connectivity index (χ0) is 21.5. The van der Waals surface area contributed by atoms with Crippen LogP contribution >= 0.6 is 0 Å². The Labute approximate surface area is 178 Å². The van der Waals surface area contributed by atoms with Crippen LogP contribution in [0, 0.1) is 11.7 Å². The monoisotopic (exact) mass is 420 g/mol. The minimum Gasteiger partial charge on any atom is -0.491 e. The number of amides is 2. The molecular formula is C23H33FN2O4. The maximum atomic E-state index is 13.0. The van der Waals surface area contributed by atoms with Gasteiger partial charge in [0, 0.05) is 25.6 Å². The van der Waals surface area contributed by atoms with E-state index >= 15 is 0 Å². The molecule has 2 fully saturated rings. The van der Waals surface area contributed by atoms with Crippen molar-refractivity contribution in [2.45, 2.75) is 58.1 Å². The summed E-state index contributed by atoms with van der Waals surface area (Å²) in [5.74, 6) is 1.11. The molecule has 1 aromatic rings. The van der Waals surface area contributed by atoms with Gasteiger partial charge < -0.3 is 19.3 Å². The molecule has 2 heterocycles. The Bertz CT molecular complexity index is 702. The van der Waals surface area contributed by atoms with Gasteiger partial charge >= 0.3 is 0 Å². The molecule has 6 nitrogen and oxygen atoms in total. The van der Waals surface area contributed by atoms with Gasteiger partial charge in [-0.15, -0.1) is 0 Å². The lowest BCUT2D eigenvalue weighted by molar-refractivity contribution is -0.155. The summed E-state index contributed by atoms with van der Waals surface area (Å²) in [6.45, 7) is 6.58. The number of rotatable bonds is 8. The smallest absolute Gasteiger partial charge is 0.248 e. The lowest BCUT2D eigenvalue weighted by Gasteiger charge is -2.42. The van der Waals surface area contributed by atoms with E-state index in [0.29, 0.717) is 44.3 Å². The van der Waals surface area contributed by atoms with E-state index in [4.69, 9.17) is 9.47 Å². The van der Waals surface area contributed by atoms with Crippen LogP contribution in [0.2, 0.25) is 0 Å². The topological polar surface area (TPSA) is 59.1 Å². The fourth-order valence-corrected chi connectivity index (χ4v) is 4.07. The summed E-state index contributed by atoms with van der Waals surface area (Å²) in [5.41, 5.74) is 0. The summed E-state index contributed by atoms with van der Waals surface area (Å²) in [6, 6.07) is 5.99. The standard InChI is InChI=1S/C23H33FN2O4/c1-17(2)4-3-5-22(27)25-12-10-19(11-13-25)26-14-21(30-16-23(26)28)15-29-20-8-6-18(24)7-9-20/h6-9,17,19,21H,3-5,10-16H2,1-2H3. The van der Waals surface area contributed by atoms with E-state index in [1.807, 2.05) is 9.80 Å². The molecule has 166 valence electrons. The number of ether oxygens (including phenoxy) is 2. The van der Waals surface area contributed by atoms with Crippen LogP contribution < -0.4 is 4.74 Å². The largest absolute Gasteiger partial charge is 0.491 e. The fraction of sp³-hybridized carbons (Fsp3) is 0.652. The Morgan fingerprint density at radius 2 is 1.93 bits per heavy atom. The first kappa shape index (κ1) is 22.5. The van der Waals surface area contributed by atoms with E-state index in [1.54, 1.807) is 12.1 Å². The molecule has 1 atom stereocenters. The Balaban J connectivity index is 1.44. The zero-order valence-electron chi connectivity index (χ0n) is 18.0. The van der Waals surface area contributed by atoms with Crippen molar-refractivity contribution in [3.05, 3.63) is 30.1 Å². The molecular weight excluding hydrogens is 387 g/mol. The van der Waals surface area contributed by atoms with Crippen molar-refractivity contribution in [2.24, 2.45) is 5.92 Å². The van der Waals surface area contributed by atoms with Crippen molar-refractivity contribution in [3.63, 3.8) is 0 Å². The molecule has 0 saturated carbocycles. The molecule has 2 aliphatic heterocycles. The normalized spacial score (nSPS) is 20.7. The highest BCUT2D eigenvalue weighted by Crippen LogP contribution is 2.22. The summed E-state index contributed by atoms with van der Waals surface area (Å²) in [6.07, 6.45) is 4.01. The van der Waals surface area contributed by atoms with Crippen LogP contribution in [0.5, 0.6) is 5.75 Å². The number of hydrogen-bond acceptors (Lipinski definition) is 4. The number of halogens is 1. The van der Waals surface area contributed by atoms with Gasteiger partial charge in [0.05, 0.1) is 6.54 Å². The van der Waals surface area contributed by atoms with Gasteiger partial charge in [-0.1, -0.05) is 20.3 Å². The lowest BCUT2D eigenvalue weighted by atomic mass is 10.0. The molecule has 0 aliphatic carbocycles. The van der Waals surface area contributed by atoms with E-state index in [2.05, 4.69) is 13.8 Å². The zero-order valence-corrected chi connectivity index (χ0v) is 18.0. The van der Waals surface area contributed by atoms with Crippen molar-refractivity contribution in [3.8, 4) is 5.75 Å². The SMILES string of the molecule is CC(C)CCCC(=O)N1CCC(N2CC(COc3ccc(F)cc3)OCC2=O)CC1. The van der Waals surface area contributed by atoms with Gasteiger partial charge in [-0.2, -0.15) is 0 Å². The molecule has 0 N–H and O–H groups in total. The molecule has 0 spiro atoms. The van der Waals surface area contributed by atoms with Gasteiger partial charge in [0.1, 0.15) is 30.9 Å². The summed E-state index contributed by atoms with van der Waals surface area (Å²) >= 11 is 0. The molecule has 0 radical (unpaired) electrons. The molecule has 3 rings (SSSR count). The summed E-state index contributed by atoms with van der Waals surface area (Å²) in [7, 11) is 0. The third kappa shape index (κ3) is 6.42. The van der Waals surface area contributed by atoms with Gasteiger partial charge in [0.25, 0.3) is 0 Å². The first-order chi connectivity index (χ1) is 14.4. The molecule has 7 heteroatoms. The molecule has 0 aromatic heterocycles. The summed E-state index contributed by atoms with van der Waals surface area (Å²) in [5, 5.41) is 0. The molecule has 2 saturated heterocycles. The summed E-state index contributed by atoms with van der Waals surface area (Å²) in [4.78, 5) is 28.6. The van der Waals surface area contributed by atoms with Gasteiger partial charge in [0.15, 0.2) is 0 Å². The van der Waals surface area contributed by atoms with E-state index in [9.17, 15) is 14.0 Å². The first-order valence-corrected chi connectivity index (χ1v) is 11.0. The van der Waals surface area contributed by atoms with Crippen molar-refractivity contribution < 1.29 is 23.5 Å². The minimum absolute atomic E-state index is 0.00487. The van der Waals surface area contributed by atoms with Crippen LogP contribution in [-0.4, -0.2) is 66.6 Å². The molecule has 2 amide bonds. The number of nitrogens with zero attached hydrogens (tertiary/aromatic N) is 2. The number of carbonyl (C=O) groups is 2. The molecule has 2 aliphatic rings. The Morgan fingerprint density at radius 1 is 1.23 bits per heavy atom. The fourth-order valence-electron chi connectivity index (χ4n) is 4.07. The predicted molar refractivity (Wildman–Crippen MR) is 112 cm³/mol. The number of benzene rings is 1. The molecule has 1 unspecified atom stereocenters. The first-order valence-electron chi connectivity index (χ1n) is 11.0. The van der Waals surface area contributed by atoms with Crippen LogP contribution in [0.25, 0.3) is 0 Å².